The van der Waals surface area contributed by atoms with Gasteiger partial charge in [0.15, 0.2) is 5.78 Å². The maximum Gasteiger partial charge on any atom is 0.186 e. The summed E-state index contributed by atoms with van der Waals surface area (Å²) in [6.45, 7) is 1.87. The molecule has 0 aliphatic rings. The van der Waals surface area contributed by atoms with Gasteiger partial charge in [-0.2, -0.15) is 0 Å². The van der Waals surface area contributed by atoms with Gasteiger partial charge in [0, 0.05) is 18.0 Å². The zero-order valence-corrected chi connectivity index (χ0v) is 11.6. The molecule has 2 aromatic carbocycles. The lowest BCUT2D eigenvalue weighted by molar-refractivity contribution is 0.0990. The minimum atomic E-state index is -0.325. The zero-order chi connectivity index (χ0) is 14.8. The lowest BCUT2D eigenvalue weighted by Gasteiger charge is -2.07. The van der Waals surface area contributed by atoms with Crippen molar-refractivity contribution in [1.29, 1.82) is 0 Å². The normalized spacial score (nSPS) is 10.8. The van der Waals surface area contributed by atoms with Crippen LogP contribution in [-0.2, 0) is 6.42 Å². The van der Waals surface area contributed by atoms with Crippen LogP contribution in [0.1, 0.15) is 21.6 Å². The topological polar surface area (TPSA) is 30.0 Å². The van der Waals surface area contributed by atoms with E-state index in [2.05, 4.69) is 4.98 Å². The fourth-order valence-electron chi connectivity index (χ4n) is 2.43. The van der Waals surface area contributed by atoms with Crippen molar-refractivity contribution in [3.63, 3.8) is 0 Å². The standard InChI is InChI=1S/C18H14FNO/c1-12-6-7-15(19)10-14(12)11-17(21)18-16-5-3-2-4-13(16)8-9-20-18/h2-10H,11H2,1H3. The molecule has 104 valence electrons. The molecule has 3 aromatic rings. The van der Waals surface area contributed by atoms with E-state index in [0.717, 1.165) is 16.3 Å². The third-order valence-corrected chi connectivity index (χ3v) is 3.60. The monoisotopic (exact) mass is 279 g/mol. The SMILES string of the molecule is Cc1ccc(F)cc1CC(=O)c1nccc2ccccc12. The van der Waals surface area contributed by atoms with E-state index >= 15 is 0 Å². The number of carbonyl (C=O) groups excluding carboxylic acids is 1. The summed E-state index contributed by atoms with van der Waals surface area (Å²) in [5.41, 5.74) is 2.05. The fourth-order valence-corrected chi connectivity index (χ4v) is 2.43. The molecule has 3 heteroatoms. The largest absolute Gasteiger partial charge is 0.292 e. The van der Waals surface area contributed by atoms with Crippen molar-refractivity contribution in [3.8, 4) is 0 Å². The predicted molar refractivity (Wildman–Crippen MR) is 80.9 cm³/mol. The van der Waals surface area contributed by atoms with Crippen LogP contribution in [0.25, 0.3) is 10.8 Å². The molecule has 0 aliphatic heterocycles. The van der Waals surface area contributed by atoms with Gasteiger partial charge in [0.25, 0.3) is 0 Å². The Morgan fingerprint density at radius 3 is 2.81 bits per heavy atom. The van der Waals surface area contributed by atoms with Crippen molar-refractivity contribution in [2.24, 2.45) is 0 Å². The van der Waals surface area contributed by atoms with Gasteiger partial charge in [-0.3, -0.25) is 9.78 Å². The van der Waals surface area contributed by atoms with Crippen LogP contribution in [0.15, 0.2) is 54.7 Å². The maximum absolute atomic E-state index is 13.3. The summed E-state index contributed by atoms with van der Waals surface area (Å²) in [5, 5.41) is 1.81. The van der Waals surface area contributed by atoms with Crippen molar-refractivity contribution in [2.45, 2.75) is 13.3 Å². The summed E-state index contributed by atoms with van der Waals surface area (Å²) < 4.78 is 13.3. The minimum Gasteiger partial charge on any atom is -0.292 e. The Labute approximate surface area is 122 Å². The van der Waals surface area contributed by atoms with Gasteiger partial charge in [0.2, 0.25) is 0 Å². The number of benzene rings is 2. The summed E-state index contributed by atoms with van der Waals surface area (Å²) in [7, 11) is 0. The molecule has 0 fully saturated rings. The molecular formula is C18H14FNO. The lowest BCUT2D eigenvalue weighted by atomic mass is 9.99. The van der Waals surface area contributed by atoms with E-state index in [0.29, 0.717) is 11.3 Å². The summed E-state index contributed by atoms with van der Waals surface area (Å²) in [5.74, 6) is -0.422. The minimum absolute atomic E-state index is 0.0968. The van der Waals surface area contributed by atoms with E-state index in [9.17, 15) is 9.18 Å². The molecule has 2 nitrogen and oxygen atoms in total. The van der Waals surface area contributed by atoms with Crippen LogP contribution in [0, 0.1) is 12.7 Å². The zero-order valence-electron chi connectivity index (χ0n) is 11.6. The van der Waals surface area contributed by atoms with Crippen LogP contribution in [0.3, 0.4) is 0 Å². The number of ketones is 1. The van der Waals surface area contributed by atoms with Crippen LogP contribution in [0.4, 0.5) is 4.39 Å². The highest BCUT2D eigenvalue weighted by molar-refractivity contribution is 6.07. The molecule has 0 spiro atoms. The van der Waals surface area contributed by atoms with Crippen LogP contribution >= 0.6 is 0 Å². The molecular weight excluding hydrogens is 265 g/mol. The van der Waals surface area contributed by atoms with Crippen molar-refractivity contribution in [1.82, 2.24) is 4.98 Å². The number of Topliss-reactive ketones (excluding diaryl/α,β-unsaturated/α-hetero) is 1. The van der Waals surface area contributed by atoms with Gasteiger partial charge in [0.1, 0.15) is 11.5 Å². The molecule has 0 radical (unpaired) electrons. The summed E-state index contributed by atoms with van der Waals surface area (Å²) in [6, 6.07) is 14.0. The van der Waals surface area contributed by atoms with E-state index < -0.39 is 0 Å². The average Bonchev–Trinajstić information content (AvgIpc) is 2.50. The molecule has 1 heterocycles. The number of rotatable bonds is 3. The van der Waals surface area contributed by atoms with Crippen LogP contribution in [-0.4, -0.2) is 10.8 Å². The van der Waals surface area contributed by atoms with E-state index in [1.165, 1.54) is 12.1 Å². The summed E-state index contributed by atoms with van der Waals surface area (Å²) in [6.07, 6.45) is 1.79. The third kappa shape index (κ3) is 2.68. The van der Waals surface area contributed by atoms with Crippen molar-refractivity contribution < 1.29 is 9.18 Å². The highest BCUT2D eigenvalue weighted by Crippen LogP contribution is 2.19. The first-order valence-electron chi connectivity index (χ1n) is 6.77. The number of aryl methyl sites for hydroxylation is 1. The van der Waals surface area contributed by atoms with E-state index in [-0.39, 0.29) is 18.0 Å². The van der Waals surface area contributed by atoms with E-state index in [1.54, 1.807) is 12.3 Å². The fraction of sp³-hybridized carbons (Fsp3) is 0.111. The Hall–Kier alpha value is -2.55. The molecule has 0 N–H and O–H groups in total. The first-order chi connectivity index (χ1) is 10.1. The molecule has 0 bridgehead atoms. The molecule has 0 saturated carbocycles. The second kappa shape index (κ2) is 5.44. The Bertz CT molecular complexity index is 821. The van der Waals surface area contributed by atoms with Crippen molar-refractivity contribution in [2.75, 3.05) is 0 Å². The summed E-state index contributed by atoms with van der Waals surface area (Å²) in [4.78, 5) is 16.7. The predicted octanol–water partition coefficient (Wildman–Crippen LogP) is 4.11. The first-order valence-corrected chi connectivity index (χ1v) is 6.77. The highest BCUT2D eigenvalue weighted by atomic mass is 19.1. The van der Waals surface area contributed by atoms with E-state index in [4.69, 9.17) is 0 Å². The summed E-state index contributed by atoms with van der Waals surface area (Å²) >= 11 is 0. The van der Waals surface area contributed by atoms with Crippen molar-refractivity contribution in [3.05, 3.63) is 77.4 Å². The highest BCUT2D eigenvalue weighted by Gasteiger charge is 2.13. The molecule has 0 aliphatic carbocycles. The second-order valence-corrected chi connectivity index (χ2v) is 5.05. The average molecular weight is 279 g/mol. The number of aromatic nitrogens is 1. The van der Waals surface area contributed by atoms with Gasteiger partial charge in [-0.15, -0.1) is 0 Å². The number of pyridine rings is 1. The van der Waals surface area contributed by atoms with Crippen LogP contribution in [0.5, 0.6) is 0 Å². The maximum atomic E-state index is 13.3. The van der Waals surface area contributed by atoms with Crippen molar-refractivity contribution >= 4 is 16.6 Å². The number of nitrogens with zero attached hydrogens (tertiary/aromatic N) is 1. The Kier molecular flexibility index (Phi) is 3.48. The number of hydrogen-bond donors (Lipinski definition) is 0. The van der Waals surface area contributed by atoms with Crippen LogP contribution in [0.2, 0.25) is 0 Å². The molecule has 0 saturated heterocycles. The molecule has 3 rings (SSSR count). The smallest absolute Gasteiger partial charge is 0.186 e. The molecule has 0 unspecified atom stereocenters. The third-order valence-electron chi connectivity index (χ3n) is 3.60. The Balaban J connectivity index is 1.99. The number of fused-ring (bicyclic) bond motifs is 1. The van der Waals surface area contributed by atoms with Gasteiger partial charge in [0.05, 0.1) is 0 Å². The van der Waals surface area contributed by atoms with Gasteiger partial charge in [-0.1, -0.05) is 30.3 Å². The number of carbonyl (C=O) groups is 1. The van der Waals surface area contributed by atoms with Gasteiger partial charge in [-0.25, -0.2) is 4.39 Å². The second-order valence-electron chi connectivity index (χ2n) is 5.05. The Morgan fingerprint density at radius 1 is 1.14 bits per heavy atom. The van der Waals surface area contributed by atoms with Gasteiger partial charge in [-0.05, 0) is 41.6 Å². The van der Waals surface area contributed by atoms with Gasteiger partial charge < -0.3 is 0 Å². The van der Waals surface area contributed by atoms with Gasteiger partial charge >= 0.3 is 0 Å². The first kappa shape index (κ1) is 13.4. The molecule has 21 heavy (non-hydrogen) atoms. The number of halogens is 1. The number of hydrogen-bond acceptors (Lipinski definition) is 2. The molecule has 1 aromatic heterocycles. The quantitative estimate of drug-likeness (QED) is 0.675. The Morgan fingerprint density at radius 2 is 1.95 bits per heavy atom. The van der Waals surface area contributed by atoms with Crippen LogP contribution < -0.4 is 0 Å². The lowest BCUT2D eigenvalue weighted by Crippen LogP contribution is -2.08. The molecule has 0 amide bonds. The van der Waals surface area contributed by atoms with E-state index in [1.807, 2.05) is 37.3 Å². The molecule has 0 atom stereocenters.